The summed E-state index contributed by atoms with van der Waals surface area (Å²) in [6.07, 6.45) is 2.23. The number of sulfone groups is 1. The second-order valence-electron chi connectivity index (χ2n) is 8.66. The lowest BCUT2D eigenvalue weighted by molar-refractivity contribution is -0.380. The highest BCUT2D eigenvalue weighted by molar-refractivity contribution is 7.91. The van der Waals surface area contributed by atoms with Crippen molar-refractivity contribution in [3.8, 4) is 0 Å². The standard InChI is InChI=1S/C25H25N5O7S2/c1-2-3-13-19(39(35,36)15-16-9-5-4-6-10-16)21(28-25-26-14-20(38-25)30(33)34)22(31)29-23(32)24-27-17-11-7-8-12-18(17)37-24/h4-12,14,19,21H,2-3,13,15H2,1H3,(H,26,28)(H,29,31,32). The van der Waals surface area contributed by atoms with E-state index in [0.717, 1.165) is 6.20 Å². The number of anilines is 1. The van der Waals surface area contributed by atoms with Crippen LogP contribution in [0.25, 0.3) is 11.1 Å². The number of aromatic nitrogens is 2. The Bertz CT molecular complexity index is 1550. The number of carbonyl (C=O) groups excluding carboxylic acids is 2. The van der Waals surface area contributed by atoms with Gasteiger partial charge in [0.05, 0.1) is 15.9 Å². The van der Waals surface area contributed by atoms with Gasteiger partial charge in [-0.2, -0.15) is 0 Å². The number of rotatable bonds is 12. The minimum atomic E-state index is -3.97. The first-order valence-electron chi connectivity index (χ1n) is 12.0. The van der Waals surface area contributed by atoms with Crippen LogP contribution in [-0.4, -0.2) is 46.4 Å². The largest absolute Gasteiger partial charge is 0.432 e. The Morgan fingerprint density at radius 2 is 1.85 bits per heavy atom. The molecule has 4 aromatic rings. The van der Waals surface area contributed by atoms with Gasteiger partial charge in [-0.15, -0.1) is 0 Å². The topological polar surface area (TPSA) is 174 Å². The molecule has 204 valence electrons. The second kappa shape index (κ2) is 12.1. The van der Waals surface area contributed by atoms with Gasteiger partial charge in [0.2, 0.25) is 0 Å². The number of para-hydroxylation sites is 2. The number of hydrogen-bond donors (Lipinski definition) is 2. The summed E-state index contributed by atoms with van der Waals surface area (Å²) in [6, 6.07) is 13.7. The van der Waals surface area contributed by atoms with Crippen molar-refractivity contribution < 1.29 is 27.3 Å². The number of fused-ring (bicyclic) bond motifs is 1. The molecule has 14 heteroatoms. The molecule has 0 aliphatic rings. The van der Waals surface area contributed by atoms with Gasteiger partial charge in [-0.25, -0.2) is 18.4 Å². The van der Waals surface area contributed by atoms with Gasteiger partial charge in [-0.1, -0.05) is 62.2 Å². The molecule has 12 nitrogen and oxygen atoms in total. The molecule has 2 N–H and O–H groups in total. The first-order valence-corrected chi connectivity index (χ1v) is 14.5. The molecule has 39 heavy (non-hydrogen) atoms. The molecule has 0 spiro atoms. The van der Waals surface area contributed by atoms with E-state index in [-0.39, 0.29) is 28.2 Å². The molecular weight excluding hydrogens is 546 g/mol. The van der Waals surface area contributed by atoms with Gasteiger partial charge in [-0.3, -0.25) is 25.0 Å². The summed E-state index contributed by atoms with van der Waals surface area (Å²) in [6.45, 7) is 1.88. The third kappa shape index (κ3) is 6.83. The van der Waals surface area contributed by atoms with E-state index in [1.165, 1.54) is 0 Å². The number of benzene rings is 2. The number of thiazole rings is 1. The summed E-state index contributed by atoms with van der Waals surface area (Å²) in [7, 11) is -3.97. The number of oxazole rings is 1. The number of unbranched alkanes of at least 4 members (excludes halogenated alkanes) is 1. The van der Waals surface area contributed by atoms with Gasteiger partial charge >= 0.3 is 10.9 Å². The monoisotopic (exact) mass is 571 g/mol. The fraction of sp³-hybridized carbons (Fsp3) is 0.280. The van der Waals surface area contributed by atoms with Gasteiger partial charge in [0, 0.05) is 0 Å². The number of nitro groups is 1. The predicted octanol–water partition coefficient (Wildman–Crippen LogP) is 4.10. The Morgan fingerprint density at radius 3 is 2.51 bits per heavy atom. The molecule has 0 aliphatic carbocycles. The lowest BCUT2D eigenvalue weighted by Crippen LogP contribution is -2.51. The summed E-state index contributed by atoms with van der Waals surface area (Å²) in [4.78, 5) is 44.9. The number of imide groups is 1. The van der Waals surface area contributed by atoms with Crippen molar-refractivity contribution in [1.29, 1.82) is 0 Å². The Kier molecular flexibility index (Phi) is 8.66. The second-order valence-corrected chi connectivity index (χ2v) is 11.9. The van der Waals surface area contributed by atoms with Crippen LogP contribution in [0.3, 0.4) is 0 Å². The highest BCUT2D eigenvalue weighted by Gasteiger charge is 2.39. The van der Waals surface area contributed by atoms with Crippen molar-refractivity contribution >= 4 is 54.2 Å². The van der Waals surface area contributed by atoms with E-state index in [4.69, 9.17) is 4.42 Å². The molecule has 2 amide bonds. The van der Waals surface area contributed by atoms with Crippen molar-refractivity contribution in [1.82, 2.24) is 15.3 Å². The van der Waals surface area contributed by atoms with Gasteiger partial charge in [0.15, 0.2) is 20.6 Å². The van der Waals surface area contributed by atoms with Crippen LogP contribution in [0.1, 0.15) is 42.4 Å². The molecule has 2 atom stereocenters. The zero-order valence-electron chi connectivity index (χ0n) is 20.8. The Labute approximate surface area is 227 Å². The van der Waals surface area contributed by atoms with Gasteiger partial charge in [0.1, 0.15) is 17.8 Å². The first-order chi connectivity index (χ1) is 18.7. The Hall–Kier alpha value is -4.17. The van der Waals surface area contributed by atoms with Gasteiger partial charge in [-0.05, 0) is 35.5 Å². The molecule has 2 heterocycles. The van der Waals surface area contributed by atoms with E-state index in [2.05, 4.69) is 20.6 Å². The van der Waals surface area contributed by atoms with Crippen LogP contribution in [0.5, 0.6) is 0 Å². The lowest BCUT2D eigenvalue weighted by atomic mass is 10.1. The summed E-state index contributed by atoms with van der Waals surface area (Å²) in [5, 5.41) is 14.5. The molecule has 0 saturated heterocycles. The van der Waals surface area contributed by atoms with E-state index in [9.17, 15) is 28.1 Å². The molecule has 0 bridgehead atoms. The number of nitrogens with one attached hydrogen (secondary N) is 2. The van der Waals surface area contributed by atoms with Crippen LogP contribution in [0.4, 0.5) is 10.1 Å². The molecule has 4 rings (SSSR count). The highest BCUT2D eigenvalue weighted by atomic mass is 32.2. The van der Waals surface area contributed by atoms with Crippen LogP contribution >= 0.6 is 11.3 Å². The minimum absolute atomic E-state index is 0.0347. The fourth-order valence-corrected chi connectivity index (χ4v) is 6.63. The van der Waals surface area contributed by atoms with E-state index in [0.29, 0.717) is 40.8 Å². The summed E-state index contributed by atoms with van der Waals surface area (Å²) < 4.78 is 32.8. The third-order valence-corrected chi connectivity index (χ3v) is 8.89. The lowest BCUT2D eigenvalue weighted by Gasteiger charge is -2.26. The minimum Gasteiger partial charge on any atom is -0.432 e. The number of amides is 2. The highest BCUT2D eigenvalue weighted by Crippen LogP contribution is 2.28. The maximum absolute atomic E-state index is 13.7. The van der Waals surface area contributed by atoms with Gasteiger partial charge < -0.3 is 9.73 Å². The van der Waals surface area contributed by atoms with Gasteiger partial charge in [0.25, 0.3) is 11.8 Å². The molecular formula is C25H25N5O7S2. The average Bonchev–Trinajstić information content (AvgIpc) is 3.56. The zero-order chi connectivity index (χ0) is 28.0. The number of nitrogens with zero attached hydrogens (tertiary/aromatic N) is 3. The number of carbonyl (C=O) groups is 2. The normalized spacial score (nSPS) is 13.1. The van der Waals surface area contributed by atoms with Crippen molar-refractivity contribution in [2.24, 2.45) is 0 Å². The molecule has 0 saturated carbocycles. The first kappa shape index (κ1) is 27.9. The van der Waals surface area contributed by atoms with Crippen LogP contribution in [0.15, 0.2) is 65.2 Å². The fourth-order valence-electron chi connectivity index (χ4n) is 3.96. The van der Waals surface area contributed by atoms with E-state index in [1.54, 1.807) is 54.6 Å². The van der Waals surface area contributed by atoms with Crippen LogP contribution in [-0.2, 0) is 20.4 Å². The van der Waals surface area contributed by atoms with E-state index < -0.39 is 37.9 Å². The quantitative estimate of drug-likeness (QED) is 0.186. The summed E-state index contributed by atoms with van der Waals surface area (Å²) in [5.41, 5.74) is 1.28. The van der Waals surface area contributed by atoms with Crippen LogP contribution in [0, 0.1) is 10.1 Å². The van der Waals surface area contributed by atoms with Crippen molar-refractivity contribution in [3.63, 3.8) is 0 Å². The average molecular weight is 572 g/mol. The Balaban J connectivity index is 1.67. The van der Waals surface area contributed by atoms with Crippen LogP contribution in [0.2, 0.25) is 0 Å². The maximum atomic E-state index is 13.7. The molecule has 0 aliphatic heterocycles. The molecule has 2 aromatic carbocycles. The molecule has 2 aromatic heterocycles. The van der Waals surface area contributed by atoms with Crippen LogP contribution < -0.4 is 10.6 Å². The molecule has 2 unspecified atom stereocenters. The summed E-state index contributed by atoms with van der Waals surface area (Å²) >= 11 is 0.649. The van der Waals surface area contributed by atoms with Crippen molar-refractivity contribution in [2.75, 3.05) is 5.32 Å². The van der Waals surface area contributed by atoms with E-state index >= 15 is 0 Å². The molecule has 0 fully saturated rings. The third-order valence-electron chi connectivity index (χ3n) is 5.85. The van der Waals surface area contributed by atoms with E-state index in [1.807, 2.05) is 6.92 Å². The molecule has 0 radical (unpaired) electrons. The number of hydrogen-bond acceptors (Lipinski definition) is 11. The SMILES string of the molecule is CCCCC(C(Nc1ncc([N+](=O)[O-])s1)C(=O)NC(=O)c1nc2ccccc2o1)S(=O)(=O)Cc1ccccc1. The zero-order valence-corrected chi connectivity index (χ0v) is 22.4. The van der Waals surface area contributed by atoms with Crippen molar-refractivity contribution in [2.45, 2.75) is 43.2 Å². The Morgan fingerprint density at radius 1 is 1.13 bits per heavy atom. The maximum Gasteiger partial charge on any atom is 0.345 e. The summed E-state index contributed by atoms with van der Waals surface area (Å²) in [5.74, 6) is -2.63. The van der Waals surface area contributed by atoms with Crippen molar-refractivity contribution in [3.05, 3.63) is 82.4 Å². The smallest absolute Gasteiger partial charge is 0.345 e. The predicted molar refractivity (Wildman–Crippen MR) is 145 cm³/mol.